The van der Waals surface area contributed by atoms with Gasteiger partial charge in [-0.2, -0.15) is 0 Å². The van der Waals surface area contributed by atoms with E-state index in [0.717, 1.165) is 29.3 Å². The zero-order valence-corrected chi connectivity index (χ0v) is 18.7. The molecule has 3 rings (SSSR count). The van der Waals surface area contributed by atoms with Crippen LogP contribution < -0.4 is 11.1 Å². The highest BCUT2D eigenvalue weighted by Crippen LogP contribution is 2.28. The summed E-state index contributed by atoms with van der Waals surface area (Å²) in [4.78, 5) is 18.1. The smallest absolute Gasteiger partial charge is 0.168 e. The summed E-state index contributed by atoms with van der Waals surface area (Å²) in [5.74, 6) is 2.44. The molecule has 0 saturated heterocycles. The number of aryl methyl sites for hydroxylation is 1. The summed E-state index contributed by atoms with van der Waals surface area (Å²) in [5.41, 5.74) is 7.93. The van der Waals surface area contributed by atoms with Crippen molar-refractivity contribution in [1.82, 2.24) is 4.98 Å². The molecule has 164 valence electrons. The fraction of sp³-hybridized carbons (Fsp3) is 0.435. The number of aliphatic imine (C=N–C) groups is 1. The van der Waals surface area contributed by atoms with Crippen molar-refractivity contribution >= 4 is 30.5 Å². The van der Waals surface area contributed by atoms with Gasteiger partial charge in [0.15, 0.2) is 6.29 Å². The van der Waals surface area contributed by atoms with Gasteiger partial charge < -0.3 is 11.1 Å². The predicted molar refractivity (Wildman–Crippen MR) is 127 cm³/mol. The first-order valence-electron chi connectivity index (χ1n) is 10.1. The summed E-state index contributed by atoms with van der Waals surface area (Å²) in [5, 5.41) is 2.89. The van der Waals surface area contributed by atoms with Crippen molar-refractivity contribution in [2.24, 2.45) is 16.6 Å². The van der Waals surface area contributed by atoms with Crippen LogP contribution in [0.2, 0.25) is 0 Å². The molecule has 5 nitrogen and oxygen atoms in total. The van der Waals surface area contributed by atoms with Crippen LogP contribution in [0.4, 0.5) is 10.1 Å². The Morgan fingerprint density at radius 2 is 1.97 bits per heavy atom. The summed E-state index contributed by atoms with van der Waals surface area (Å²) in [6, 6.07) is 10.3. The molecule has 0 amide bonds. The number of halogens is 1. The molecule has 1 aromatic heterocycles. The molecule has 2 atom stereocenters. The van der Waals surface area contributed by atoms with Crippen molar-refractivity contribution in [3.63, 3.8) is 0 Å². The number of hydrogen-bond acceptors (Lipinski definition) is 6. The van der Waals surface area contributed by atoms with E-state index in [0.29, 0.717) is 11.7 Å². The highest BCUT2D eigenvalue weighted by Gasteiger charge is 2.23. The summed E-state index contributed by atoms with van der Waals surface area (Å²) < 4.78 is 12.2. The van der Waals surface area contributed by atoms with Crippen molar-refractivity contribution in [2.75, 3.05) is 24.0 Å². The number of aromatic nitrogens is 1. The molecule has 0 bridgehead atoms. The quantitative estimate of drug-likeness (QED) is 0.383. The number of aldehydes is 1. The van der Waals surface area contributed by atoms with Crippen molar-refractivity contribution in [1.29, 1.82) is 0 Å². The molecule has 3 N–H and O–H groups in total. The van der Waals surface area contributed by atoms with E-state index in [2.05, 4.69) is 22.0 Å². The van der Waals surface area contributed by atoms with E-state index in [1.807, 2.05) is 24.8 Å². The van der Waals surface area contributed by atoms with Gasteiger partial charge in [0.2, 0.25) is 0 Å². The van der Waals surface area contributed by atoms with Crippen LogP contribution in [0.1, 0.15) is 41.7 Å². The Kier molecular flexibility index (Phi) is 13.4. The first-order chi connectivity index (χ1) is 14.5. The number of anilines is 1. The number of benzene rings is 1. The SMILES string of the molecule is C=NC1CCCCC1CSCN.CNc1ccc(F)cc1.Cc1ccc(C=O)nc1. The molecule has 1 aliphatic rings. The molecule has 1 fully saturated rings. The summed E-state index contributed by atoms with van der Waals surface area (Å²) in [6.45, 7) is 5.58. The number of nitrogens with two attached hydrogens (primary N) is 1. The third-order valence-electron chi connectivity index (χ3n) is 4.74. The maximum absolute atomic E-state index is 12.2. The molecule has 2 aromatic rings. The fourth-order valence-electron chi connectivity index (χ4n) is 3.01. The lowest BCUT2D eigenvalue weighted by Gasteiger charge is -2.27. The normalized spacial score (nSPS) is 17.5. The molecule has 1 aliphatic carbocycles. The van der Waals surface area contributed by atoms with Crippen LogP contribution in [0, 0.1) is 18.7 Å². The van der Waals surface area contributed by atoms with Gasteiger partial charge in [0.25, 0.3) is 0 Å². The first-order valence-corrected chi connectivity index (χ1v) is 11.2. The number of carbonyl (C=O) groups is 1. The average molecular weight is 433 g/mol. The lowest BCUT2D eigenvalue weighted by atomic mass is 9.86. The molecule has 0 aliphatic heterocycles. The fourth-order valence-corrected chi connectivity index (χ4v) is 3.84. The second kappa shape index (κ2) is 15.6. The molecule has 1 saturated carbocycles. The minimum atomic E-state index is -0.200. The van der Waals surface area contributed by atoms with E-state index in [1.54, 1.807) is 31.4 Å². The molecule has 1 heterocycles. The van der Waals surface area contributed by atoms with E-state index in [-0.39, 0.29) is 5.82 Å². The van der Waals surface area contributed by atoms with Gasteiger partial charge in [-0.25, -0.2) is 4.39 Å². The predicted octanol–water partition coefficient (Wildman–Crippen LogP) is 4.97. The van der Waals surface area contributed by atoms with Crippen molar-refractivity contribution in [2.45, 2.75) is 38.6 Å². The summed E-state index contributed by atoms with van der Waals surface area (Å²) in [7, 11) is 1.80. The zero-order valence-electron chi connectivity index (χ0n) is 17.9. The lowest BCUT2D eigenvalue weighted by Crippen LogP contribution is -2.25. The first kappa shape index (κ1) is 25.8. The van der Waals surface area contributed by atoms with Crippen molar-refractivity contribution in [3.8, 4) is 0 Å². The number of hydrogen-bond donors (Lipinski definition) is 2. The van der Waals surface area contributed by atoms with Gasteiger partial charge in [-0.15, -0.1) is 11.8 Å². The van der Waals surface area contributed by atoms with E-state index in [4.69, 9.17) is 5.73 Å². The molecule has 30 heavy (non-hydrogen) atoms. The van der Waals surface area contributed by atoms with E-state index in [1.165, 1.54) is 43.6 Å². The van der Waals surface area contributed by atoms with E-state index < -0.39 is 0 Å². The molecule has 0 radical (unpaired) electrons. The number of nitrogens with one attached hydrogen (secondary N) is 1. The van der Waals surface area contributed by atoms with Crippen LogP contribution in [-0.2, 0) is 0 Å². The Labute approximate surface area is 183 Å². The third kappa shape index (κ3) is 10.5. The molecule has 1 aromatic carbocycles. The van der Waals surface area contributed by atoms with Gasteiger partial charge in [0.1, 0.15) is 11.5 Å². The minimum absolute atomic E-state index is 0.200. The molecule has 0 spiro atoms. The number of rotatable bonds is 6. The molecule has 2 unspecified atom stereocenters. The monoisotopic (exact) mass is 432 g/mol. The van der Waals surface area contributed by atoms with Gasteiger partial charge in [-0.3, -0.25) is 14.8 Å². The van der Waals surface area contributed by atoms with E-state index in [9.17, 15) is 9.18 Å². The summed E-state index contributed by atoms with van der Waals surface area (Å²) >= 11 is 1.82. The zero-order chi connectivity index (χ0) is 22.2. The number of carbonyl (C=O) groups excluding carboxylic acids is 1. The van der Waals surface area contributed by atoms with Crippen LogP contribution >= 0.6 is 11.8 Å². The number of thioether (sulfide) groups is 1. The average Bonchev–Trinajstić information content (AvgIpc) is 2.80. The van der Waals surface area contributed by atoms with Crippen LogP contribution in [0.3, 0.4) is 0 Å². The van der Waals surface area contributed by atoms with Crippen LogP contribution in [-0.4, -0.2) is 42.7 Å². The van der Waals surface area contributed by atoms with Gasteiger partial charge in [-0.05, 0) is 74.0 Å². The largest absolute Gasteiger partial charge is 0.388 e. The molecular formula is C23H33FN4OS. The Morgan fingerprint density at radius 1 is 1.27 bits per heavy atom. The third-order valence-corrected chi connectivity index (χ3v) is 5.64. The highest BCUT2D eigenvalue weighted by molar-refractivity contribution is 7.99. The second-order valence-electron chi connectivity index (χ2n) is 6.97. The van der Waals surface area contributed by atoms with Crippen molar-refractivity contribution < 1.29 is 9.18 Å². The molecule has 7 heteroatoms. The maximum Gasteiger partial charge on any atom is 0.168 e. The second-order valence-corrected chi connectivity index (χ2v) is 8.04. The van der Waals surface area contributed by atoms with Crippen LogP contribution in [0.5, 0.6) is 0 Å². The summed E-state index contributed by atoms with van der Waals surface area (Å²) in [6.07, 6.45) is 7.65. The Hall–Kier alpha value is -2.25. The number of pyridine rings is 1. The van der Waals surface area contributed by atoms with Crippen molar-refractivity contribution in [3.05, 3.63) is 59.7 Å². The van der Waals surface area contributed by atoms with Gasteiger partial charge >= 0.3 is 0 Å². The Balaban J connectivity index is 0.000000229. The lowest BCUT2D eigenvalue weighted by molar-refractivity contribution is 0.111. The van der Waals surface area contributed by atoms with Gasteiger partial charge in [0.05, 0.1) is 6.04 Å². The Bertz CT molecular complexity index is 725. The van der Waals surface area contributed by atoms with E-state index >= 15 is 0 Å². The standard InChI is InChI=1S/C9H18N2S.C7H8FN.C7H7NO/c1-11-9-5-3-2-4-8(9)6-12-7-10;1-9-7-4-2-6(8)3-5-7;1-6-2-3-7(5-9)8-4-6/h8-9H,1-7,10H2;2-5,9H,1H3;2-5H,1H3. The maximum atomic E-state index is 12.2. The van der Waals surface area contributed by atoms with Crippen LogP contribution in [0.15, 0.2) is 47.6 Å². The highest BCUT2D eigenvalue weighted by atomic mass is 32.2. The Morgan fingerprint density at radius 3 is 2.50 bits per heavy atom. The van der Waals surface area contributed by atoms with Gasteiger partial charge in [0, 0.05) is 24.8 Å². The molecular weight excluding hydrogens is 399 g/mol. The number of nitrogens with zero attached hydrogens (tertiary/aromatic N) is 2. The minimum Gasteiger partial charge on any atom is -0.388 e. The van der Waals surface area contributed by atoms with Gasteiger partial charge in [-0.1, -0.05) is 18.9 Å². The topological polar surface area (TPSA) is 80.4 Å². The van der Waals surface area contributed by atoms with Crippen LogP contribution in [0.25, 0.3) is 0 Å².